The highest BCUT2D eigenvalue weighted by Gasteiger charge is 2.34. The number of thiophene rings is 1. The Hall–Kier alpha value is -3.23. The SMILES string of the molecule is CCCCN(CC(=O)N1CCc2sccc2C1c1ccc(Cl)cc1)C(=O)c1ccc(C)c([N+](=O)[O-])c1. The van der Waals surface area contributed by atoms with Gasteiger partial charge in [0.05, 0.1) is 11.0 Å². The Morgan fingerprint density at radius 1 is 1.19 bits per heavy atom. The van der Waals surface area contributed by atoms with Gasteiger partial charge in [0.15, 0.2) is 0 Å². The van der Waals surface area contributed by atoms with E-state index in [1.54, 1.807) is 30.4 Å². The number of benzene rings is 2. The van der Waals surface area contributed by atoms with E-state index >= 15 is 0 Å². The van der Waals surface area contributed by atoms with Crippen LogP contribution in [0.4, 0.5) is 5.69 Å². The molecule has 0 fully saturated rings. The summed E-state index contributed by atoms with van der Waals surface area (Å²) in [4.78, 5) is 42.7. The fourth-order valence-corrected chi connectivity index (χ4v) is 5.60. The lowest BCUT2D eigenvalue weighted by molar-refractivity contribution is -0.385. The van der Waals surface area contributed by atoms with Gasteiger partial charge in [0, 0.05) is 40.2 Å². The molecule has 0 spiro atoms. The monoisotopic (exact) mass is 525 g/mol. The second kappa shape index (κ2) is 11.2. The van der Waals surface area contributed by atoms with Crippen molar-refractivity contribution in [3.8, 4) is 0 Å². The molecule has 2 heterocycles. The maximum atomic E-state index is 13.7. The molecule has 7 nitrogen and oxygen atoms in total. The van der Waals surface area contributed by atoms with Gasteiger partial charge in [0.2, 0.25) is 5.91 Å². The molecule has 1 unspecified atom stereocenters. The van der Waals surface area contributed by atoms with Crippen LogP contribution in [0.1, 0.15) is 57.7 Å². The fourth-order valence-electron chi connectivity index (χ4n) is 4.57. The van der Waals surface area contributed by atoms with Gasteiger partial charge in [-0.25, -0.2) is 0 Å². The first-order valence-electron chi connectivity index (χ1n) is 12.0. The first-order valence-corrected chi connectivity index (χ1v) is 13.2. The summed E-state index contributed by atoms with van der Waals surface area (Å²) >= 11 is 7.80. The average molecular weight is 526 g/mol. The van der Waals surface area contributed by atoms with Gasteiger partial charge >= 0.3 is 0 Å². The molecule has 0 aliphatic carbocycles. The molecule has 1 atom stereocenters. The molecule has 1 aromatic heterocycles. The summed E-state index contributed by atoms with van der Waals surface area (Å²) in [6, 6.07) is 13.8. The number of carbonyl (C=O) groups is 2. The Labute approximate surface area is 219 Å². The van der Waals surface area contributed by atoms with Crippen molar-refractivity contribution in [1.82, 2.24) is 9.80 Å². The first kappa shape index (κ1) is 25.9. The standard InChI is InChI=1S/C27H28ClN3O4S/c1-3-4-13-29(27(33)20-6-5-18(2)23(16-20)31(34)35)17-25(32)30-14-11-24-22(12-15-36-24)26(30)19-7-9-21(28)10-8-19/h5-10,12,15-16,26H,3-4,11,13-14,17H2,1-2H3. The van der Waals surface area contributed by atoms with Crippen LogP contribution in [0, 0.1) is 17.0 Å². The minimum Gasteiger partial charge on any atom is -0.330 e. The van der Waals surface area contributed by atoms with E-state index in [1.807, 2.05) is 41.5 Å². The number of amides is 2. The predicted molar refractivity (Wildman–Crippen MR) is 142 cm³/mol. The number of hydrogen-bond donors (Lipinski definition) is 0. The number of aryl methyl sites for hydroxylation is 1. The third-order valence-electron chi connectivity index (χ3n) is 6.52. The van der Waals surface area contributed by atoms with E-state index in [0.29, 0.717) is 23.7 Å². The maximum Gasteiger partial charge on any atom is 0.273 e. The zero-order valence-electron chi connectivity index (χ0n) is 20.3. The molecule has 188 valence electrons. The van der Waals surface area contributed by atoms with E-state index < -0.39 is 4.92 Å². The van der Waals surface area contributed by atoms with Crippen molar-refractivity contribution in [2.24, 2.45) is 0 Å². The van der Waals surface area contributed by atoms with Crippen molar-refractivity contribution in [3.63, 3.8) is 0 Å². The number of halogens is 1. The van der Waals surface area contributed by atoms with Gasteiger partial charge in [-0.2, -0.15) is 0 Å². The highest BCUT2D eigenvalue weighted by molar-refractivity contribution is 7.10. The van der Waals surface area contributed by atoms with Crippen LogP contribution in [0.5, 0.6) is 0 Å². The third-order valence-corrected chi connectivity index (χ3v) is 7.77. The van der Waals surface area contributed by atoms with Crippen LogP contribution >= 0.6 is 22.9 Å². The average Bonchev–Trinajstić information content (AvgIpc) is 3.35. The summed E-state index contributed by atoms with van der Waals surface area (Å²) in [5.41, 5.74) is 2.66. The van der Waals surface area contributed by atoms with Gasteiger partial charge in [0.25, 0.3) is 11.6 Å². The summed E-state index contributed by atoms with van der Waals surface area (Å²) in [5, 5.41) is 14.1. The van der Waals surface area contributed by atoms with Crippen molar-refractivity contribution >= 4 is 40.4 Å². The minimum absolute atomic E-state index is 0.0932. The summed E-state index contributed by atoms with van der Waals surface area (Å²) in [6.07, 6.45) is 2.33. The number of carbonyl (C=O) groups excluding carboxylic acids is 2. The van der Waals surface area contributed by atoms with Gasteiger partial charge in [-0.3, -0.25) is 19.7 Å². The Kier molecular flexibility index (Phi) is 8.06. The van der Waals surface area contributed by atoms with E-state index in [4.69, 9.17) is 11.6 Å². The maximum absolute atomic E-state index is 13.7. The molecule has 0 bridgehead atoms. The zero-order valence-corrected chi connectivity index (χ0v) is 21.8. The molecule has 3 aromatic rings. The van der Waals surface area contributed by atoms with Crippen LogP contribution in [0.25, 0.3) is 0 Å². The number of hydrogen-bond acceptors (Lipinski definition) is 5. The lowest BCUT2D eigenvalue weighted by Crippen LogP contribution is -2.47. The molecule has 2 aromatic carbocycles. The molecule has 0 saturated heterocycles. The molecule has 0 saturated carbocycles. The third kappa shape index (κ3) is 5.44. The highest BCUT2D eigenvalue weighted by atomic mass is 35.5. The normalized spacial score (nSPS) is 14.9. The number of rotatable bonds is 8. The Balaban J connectivity index is 1.62. The molecule has 0 radical (unpaired) electrons. The minimum atomic E-state index is -0.490. The van der Waals surface area contributed by atoms with Gasteiger partial charge in [0.1, 0.15) is 6.54 Å². The lowest BCUT2D eigenvalue weighted by atomic mass is 9.93. The second-order valence-electron chi connectivity index (χ2n) is 8.93. The smallest absolute Gasteiger partial charge is 0.273 e. The Morgan fingerprint density at radius 2 is 1.94 bits per heavy atom. The van der Waals surface area contributed by atoms with Crippen molar-refractivity contribution in [2.75, 3.05) is 19.6 Å². The molecule has 1 aliphatic heterocycles. The summed E-state index contributed by atoms with van der Waals surface area (Å²) in [5.74, 6) is -0.533. The van der Waals surface area contributed by atoms with Crippen LogP contribution in [0.3, 0.4) is 0 Å². The van der Waals surface area contributed by atoms with Crippen LogP contribution in [-0.2, 0) is 11.2 Å². The highest BCUT2D eigenvalue weighted by Crippen LogP contribution is 2.38. The van der Waals surface area contributed by atoms with E-state index in [0.717, 1.165) is 30.4 Å². The topological polar surface area (TPSA) is 83.8 Å². The summed E-state index contributed by atoms with van der Waals surface area (Å²) in [6.45, 7) is 4.50. The fraction of sp³-hybridized carbons (Fsp3) is 0.333. The van der Waals surface area contributed by atoms with Crippen molar-refractivity contribution in [1.29, 1.82) is 0 Å². The Bertz CT molecular complexity index is 1270. The predicted octanol–water partition coefficient (Wildman–Crippen LogP) is 6.03. The van der Waals surface area contributed by atoms with E-state index in [2.05, 4.69) is 6.07 Å². The molecule has 0 N–H and O–H groups in total. The number of unbranched alkanes of at least 4 members (excludes halogenated alkanes) is 1. The number of nitro groups is 1. The number of fused-ring (bicyclic) bond motifs is 1. The van der Waals surface area contributed by atoms with Gasteiger partial charge in [-0.05, 0) is 60.5 Å². The molecule has 2 amide bonds. The number of nitro benzene ring substituents is 1. The van der Waals surface area contributed by atoms with Gasteiger partial charge in [-0.15, -0.1) is 11.3 Å². The summed E-state index contributed by atoms with van der Waals surface area (Å²) in [7, 11) is 0. The molecule has 1 aliphatic rings. The molecule has 9 heteroatoms. The quantitative estimate of drug-likeness (QED) is 0.265. The molecular formula is C27H28ClN3O4S. The van der Waals surface area contributed by atoms with Crippen LogP contribution in [0.2, 0.25) is 5.02 Å². The summed E-state index contributed by atoms with van der Waals surface area (Å²) < 4.78 is 0. The molecule has 4 rings (SSSR count). The number of nitrogens with zero attached hydrogens (tertiary/aromatic N) is 3. The van der Waals surface area contributed by atoms with Crippen LogP contribution < -0.4 is 0 Å². The zero-order chi connectivity index (χ0) is 25.8. The van der Waals surface area contributed by atoms with Crippen LogP contribution in [0.15, 0.2) is 53.9 Å². The van der Waals surface area contributed by atoms with E-state index in [1.165, 1.54) is 15.8 Å². The second-order valence-corrected chi connectivity index (χ2v) is 10.4. The molecule has 36 heavy (non-hydrogen) atoms. The van der Waals surface area contributed by atoms with Gasteiger partial charge in [-0.1, -0.05) is 43.1 Å². The van der Waals surface area contributed by atoms with Crippen molar-refractivity contribution < 1.29 is 14.5 Å². The van der Waals surface area contributed by atoms with Crippen molar-refractivity contribution in [2.45, 2.75) is 39.2 Å². The van der Waals surface area contributed by atoms with E-state index in [9.17, 15) is 19.7 Å². The Morgan fingerprint density at radius 3 is 2.64 bits per heavy atom. The van der Waals surface area contributed by atoms with Crippen molar-refractivity contribution in [3.05, 3.63) is 96.2 Å². The lowest BCUT2D eigenvalue weighted by Gasteiger charge is -2.37. The first-order chi connectivity index (χ1) is 17.3. The van der Waals surface area contributed by atoms with Crippen LogP contribution in [-0.4, -0.2) is 46.2 Å². The molecular weight excluding hydrogens is 498 g/mol. The van der Waals surface area contributed by atoms with Gasteiger partial charge < -0.3 is 9.80 Å². The largest absolute Gasteiger partial charge is 0.330 e. The van der Waals surface area contributed by atoms with E-state index in [-0.39, 0.29) is 35.7 Å².